The molecule has 0 N–H and O–H groups in total. The summed E-state index contributed by atoms with van der Waals surface area (Å²) in [5.74, 6) is 0. The number of rotatable bonds is 0. The van der Waals surface area contributed by atoms with Crippen LogP contribution in [0.5, 0.6) is 0 Å². The van der Waals surface area contributed by atoms with Crippen LogP contribution in [0.3, 0.4) is 0 Å². The fourth-order valence-electron chi connectivity index (χ4n) is 5.06. The number of para-hydroxylation sites is 2. The topological polar surface area (TPSA) is 17.6 Å². The molecular weight excluding hydrogens is 332 g/mol. The highest BCUT2D eigenvalue weighted by Gasteiger charge is 2.47. The van der Waals surface area contributed by atoms with Gasteiger partial charge in [0.2, 0.25) is 12.4 Å². The Labute approximate surface area is 156 Å². The van der Waals surface area contributed by atoms with E-state index in [1.165, 1.54) is 38.5 Å². The summed E-state index contributed by atoms with van der Waals surface area (Å²) < 4.78 is 9.69. The normalized spacial score (nSPS) is 15.0. The highest BCUT2D eigenvalue weighted by atomic mass is 15.5. The van der Waals surface area contributed by atoms with Crippen LogP contribution in [0.1, 0.15) is 22.9 Å². The van der Waals surface area contributed by atoms with E-state index in [1.54, 1.807) is 0 Å². The standard InChI is InChI=1S/C23H18N4/c1-3-10-20-16(6-1)12-26-23-22-18(14-24(20)26)8-5-9-19(22)15-25-21-11-4-2-7-17(21)13-27(23)25/h1-13,23H,14-15H2/q+2. The van der Waals surface area contributed by atoms with Crippen molar-refractivity contribution in [2.24, 2.45) is 0 Å². The lowest BCUT2D eigenvalue weighted by molar-refractivity contribution is -0.999. The van der Waals surface area contributed by atoms with Gasteiger partial charge in [0.1, 0.15) is 29.7 Å². The van der Waals surface area contributed by atoms with Gasteiger partial charge in [-0.3, -0.25) is 0 Å². The third-order valence-electron chi connectivity index (χ3n) is 6.22. The summed E-state index contributed by atoms with van der Waals surface area (Å²) in [6, 6.07) is 24.2. The minimum atomic E-state index is 0.151. The molecule has 0 saturated carbocycles. The van der Waals surface area contributed by atoms with Gasteiger partial charge in [0.25, 0.3) is 0 Å². The van der Waals surface area contributed by atoms with Crippen LogP contribution in [0.2, 0.25) is 0 Å². The van der Waals surface area contributed by atoms with Crippen molar-refractivity contribution in [2.75, 3.05) is 0 Å². The third kappa shape index (κ3) is 1.63. The molecule has 0 amide bonds. The minimum absolute atomic E-state index is 0.151. The molecule has 0 unspecified atom stereocenters. The summed E-state index contributed by atoms with van der Waals surface area (Å²) >= 11 is 0. The molecule has 7 rings (SSSR count). The number of hydrogen-bond donors (Lipinski definition) is 0. The van der Waals surface area contributed by atoms with Crippen molar-refractivity contribution < 1.29 is 9.36 Å². The number of nitrogens with zero attached hydrogens (tertiary/aromatic N) is 4. The maximum absolute atomic E-state index is 2.42. The number of benzene rings is 3. The Morgan fingerprint density at radius 3 is 1.70 bits per heavy atom. The van der Waals surface area contributed by atoms with Gasteiger partial charge < -0.3 is 0 Å². The molecule has 3 aromatic carbocycles. The van der Waals surface area contributed by atoms with Crippen molar-refractivity contribution in [1.82, 2.24) is 9.36 Å². The van der Waals surface area contributed by atoms with Crippen LogP contribution in [0.15, 0.2) is 79.1 Å². The average Bonchev–Trinajstić information content (AvgIpc) is 3.26. The van der Waals surface area contributed by atoms with Crippen molar-refractivity contribution in [3.8, 4) is 0 Å². The molecule has 2 aliphatic rings. The zero-order valence-corrected chi connectivity index (χ0v) is 14.8. The minimum Gasteiger partial charge on any atom is -0.143 e. The Hall–Kier alpha value is -3.40. The van der Waals surface area contributed by atoms with Crippen LogP contribution in [-0.2, 0) is 13.1 Å². The van der Waals surface area contributed by atoms with Gasteiger partial charge in [-0.05, 0) is 44.8 Å². The van der Waals surface area contributed by atoms with Gasteiger partial charge in [-0.2, -0.15) is 0 Å². The van der Waals surface area contributed by atoms with E-state index < -0.39 is 0 Å². The van der Waals surface area contributed by atoms with E-state index in [2.05, 4.69) is 97.9 Å². The lowest BCUT2D eigenvalue weighted by Gasteiger charge is -2.25. The molecule has 4 heterocycles. The van der Waals surface area contributed by atoms with Gasteiger partial charge >= 0.3 is 6.17 Å². The largest absolute Gasteiger partial charge is 0.422 e. The van der Waals surface area contributed by atoms with Gasteiger partial charge in [0, 0.05) is 0 Å². The third-order valence-corrected chi connectivity index (χ3v) is 6.22. The van der Waals surface area contributed by atoms with E-state index in [0.29, 0.717) is 0 Å². The van der Waals surface area contributed by atoms with Crippen molar-refractivity contribution in [1.29, 1.82) is 0 Å². The van der Waals surface area contributed by atoms with Crippen molar-refractivity contribution >= 4 is 21.8 Å². The van der Waals surface area contributed by atoms with Gasteiger partial charge in [-0.1, -0.05) is 42.5 Å². The summed E-state index contributed by atoms with van der Waals surface area (Å²) in [7, 11) is 0. The molecular formula is C23H18N4+2. The molecule has 0 atom stereocenters. The van der Waals surface area contributed by atoms with E-state index in [9.17, 15) is 0 Å². The molecule has 0 spiro atoms. The second-order valence-electron chi connectivity index (χ2n) is 7.61. The Bertz CT molecular complexity index is 1290. The van der Waals surface area contributed by atoms with E-state index in [1.807, 2.05) is 0 Å². The highest BCUT2D eigenvalue weighted by Crippen LogP contribution is 2.32. The van der Waals surface area contributed by atoms with Crippen molar-refractivity contribution in [3.63, 3.8) is 0 Å². The predicted octanol–water partition coefficient (Wildman–Crippen LogP) is 2.99. The second-order valence-corrected chi connectivity index (χ2v) is 7.61. The Kier molecular flexibility index (Phi) is 2.37. The van der Waals surface area contributed by atoms with Gasteiger partial charge in [0.05, 0.1) is 10.8 Å². The van der Waals surface area contributed by atoms with Crippen LogP contribution in [0, 0.1) is 0 Å². The first kappa shape index (κ1) is 13.8. The monoisotopic (exact) mass is 350 g/mol. The fraction of sp³-hybridized carbons (Fsp3) is 0.130. The molecule has 0 saturated heterocycles. The highest BCUT2D eigenvalue weighted by molar-refractivity contribution is 5.78. The molecule has 128 valence electrons. The van der Waals surface area contributed by atoms with Crippen molar-refractivity contribution in [2.45, 2.75) is 19.3 Å². The summed E-state index contributed by atoms with van der Waals surface area (Å²) in [5, 5.41) is 2.58. The van der Waals surface area contributed by atoms with Crippen LogP contribution < -0.4 is 9.36 Å². The van der Waals surface area contributed by atoms with E-state index >= 15 is 0 Å². The van der Waals surface area contributed by atoms with Crippen LogP contribution in [0.4, 0.5) is 0 Å². The van der Waals surface area contributed by atoms with Gasteiger partial charge in [-0.25, -0.2) is 0 Å². The summed E-state index contributed by atoms with van der Waals surface area (Å²) in [6.45, 7) is 1.85. The second kappa shape index (κ2) is 4.65. The van der Waals surface area contributed by atoms with E-state index in [-0.39, 0.29) is 6.17 Å². The molecule has 27 heavy (non-hydrogen) atoms. The van der Waals surface area contributed by atoms with Crippen molar-refractivity contribution in [3.05, 3.63) is 95.8 Å². The average molecular weight is 350 g/mol. The first-order valence-electron chi connectivity index (χ1n) is 9.48. The molecule has 2 aromatic heterocycles. The van der Waals surface area contributed by atoms with E-state index in [0.717, 1.165) is 13.1 Å². The molecule has 4 heteroatoms. The summed E-state index contributed by atoms with van der Waals surface area (Å²) in [5.41, 5.74) is 6.92. The van der Waals surface area contributed by atoms with Crippen LogP contribution in [-0.4, -0.2) is 9.36 Å². The SMILES string of the molecule is c1cc2c3c(c1)Cn1c4ccccc4c[n+]1C3[n+]1cc3ccccc3n1C2. The van der Waals surface area contributed by atoms with Gasteiger partial charge in [0.15, 0.2) is 0 Å². The lowest BCUT2D eigenvalue weighted by atomic mass is 9.95. The molecule has 0 fully saturated rings. The number of aromatic nitrogens is 4. The predicted molar refractivity (Wildman–Crippen MR) is 102 cm³/mol. The Morgan fingerprint density at radius 1 is 0.630 bits per heavy atom. The number of hydrogen-bond acceptors (Lipinski definition) is 0. The molecule has 5 aromatic rings. The Morgan fingerprint density at radius 2 is 1.15 bits per heavy atom. The molecule has 0 bridgehead atoms. The molecule has 4 nitrogen and oxygen atoms in total. The summed E-state index contributed by atoms with van der Waals surface area (Å²) in [6.07, 6.45) is 4.76. The molecule has 0 aliphatic carbocycles. The maximum Gasteiger partial charge on any atom is 0.422 e. The van der Waals surface area contributed by atoms with E-state index in [4.69, 9.17) is 0 Å². The first-order chi connectivity index (χ1) is 13.4. The molecule has 2 aliphatic heterocycles. The van der Waals surface area contributed by atoms with Crippen LogP contribution in [0.25, 0.3) is 21.8 Å². The molecule has 0 radical (unpaired) electrons. The zero-order valence-electron chi connectivity index (χ0n) is 14.8. The van der Waals surface area contributed by atoms with Crippen LogP contribution >= 0.6 is 0 Å². The zero-order chi connectivity index (χ0) is 17.5. The van der Waals surface area contributed by atoms with Gasteiger partial charge in [-0.15, -0.1) is 9.36 Å². The Balaban J connectivity index is 1.62. The number of fused-ring (bicyclic) bond motifs is 8. The lowest BCUT2D eigenvalue weighted by Crippen LogP contribution is -2.68. The fourth-order valence-corrected chi connectivity index (χ4v) is 5.06. The summed E-state index contributed by atoms with van der Waals surface area (Å²) in [4.78, 5) is 0. The smallest absolute Gasteiger partial charge is 0.143 e. The quantitative estimate of drug-likeness (QED) is 0.374. The maximum atomic E-state index is 2.42. The first-order valence-corrected chi connectivity index (χ1v) is 9.48.